The molecule has 0 aliphatic carbocycles. The molecule has 0 fully saturated rings. The molecular formula is C7H12N2. The zero-order chi connectivity index (χ0) is 7.02. The third-order valence-corrected chi connectivity index (χ3v) is 1.85. The van der Waals surface area contributed by atoms with E-state index in [1.165, 1.54) is 11.1 Å². The second kappa shape index (κ2) is 1.79. The van der Waals surface area contributed by atoms with Crippen LogP contribution in [0.5, 0.6) is 0 Å². The largest absolute Gasteiger partial charge is 0.339 e. The van der Waals surface area contributed by atoms with E-state index >= 15 is 0 Å². The van der Waals surface area contributed by atoms with Crippen molar-refractivity contribution in [3.05, 3.63) is 23.0 Å². The summed E-state index contributed by atoms with van der Waals surface area (Å²) < 4.78 is 1.66. The first-order valence-corrected chi connectivity index (χ1v) is 3.03. The number of nitrogens with zero attached hydrogens (tertiary/aromatic N) is 1. The summed E-state index contributed by atoms with van der Waals surface area (Å²) in [6.45, 7) is 6.15. The molecule has 1 rings (SSSR count). The topological polar surface area (TPSA) is 30.9 Å². The van der Waals surface area contributed by atoms with Gasteiger partial charge in [0.2, 0.25) is 0 Å². The van der Waals surface area contributed by atoms with Crippen LogP contribution in [0.4, 0.5) is 0 Å². The minimum absolute atomic E-state index is 1.15. The SMILES string of the molecule is Cc1cn(N)c(C)c1C. The van der Waals surface area contributed by atoms with Crippen molar-refractivity contribution in [2.45, 2.75) is 20.8 Å². The van der Waals surface area contributed by atoms with Crippen molar-refractivity contribution < 1.29 is 0 Å². The number of aromatic nitrogens is 1. The second-order valence-electron chi connectivity index (χ2n) is 2.43. The van der Waals surface area contributed by atoms with Gasteiger partial charge >= 0.3 is 0 Å². The van der Waals surface area contributed by atoms with Crippen LogP contribution in [0.1, 0.15) is 16.8 Å². The Hall–Kier alpha value is -0.920. The second-order valence-corrected chi connectivity index (χ2v) is 2.43. The van der Waals surface area contributed by atoms with E-state index in [4.69, 9.17) is 5.84 Å². The molecule has 2 heteroatoms. The van der Waals surface area contributed by atoms with Crippen molar-refractivity contribution in [2.75, 3.05) is 5.84 Å². The number of nitrogen functional groups attached to an aromatic ring is 1. The molecule has 0 aliphatic heterocycles. The summed E-state index contributed by atoms with van der Waals surface area (Å²) in [5.74, 6) is 5.56. The Kier molecular flexibility index (Phi) is 1.24. The summed E-state index contributed by atoms with van der Waals surface area (Å²) >= 11 is 0. The monoisotopic (exact) mass is 124 g/mol. The van der Waals surface area contributed by atoms with E-state index in [2.05, 4.69) is 13.8 Å². The summed E-state index contributed by atoms with van der Waals surface area (Å²) in [6, 6.07) is 0. The van der Waals surface area contributed by atoms with E-state index < -0.39 is 0 Å². The van der Waals surface area contributed by atoms with Crippen LogP contribution >= 0.6 is 0 Å². The van der Waals surface area contributed by atoms with Crippen LogP contribution in [0.3, 0.4) is 0 Å². The Balaban J connectivity index is 3.29. The zero-order valence-electron chi connectivity index (χ0n) is 6.10. The van der Waals surface area contributed by atoms with Crippen LogP contribution in [-0.4, -0.2) is 4.68 Å². The predicted molar refractivity (Wildman–Crippen MR) is 38.8 cm³/mol. The molecule has 0 saturated heterocycles. The van der Waals surface area contributed by atoms with Crippen LogP contribution < -0.4 is 5.84 Å². The molecule has 0 amide bonds. The fourth-order valence-electron chi connectivity index (χ4n) is 0.881. The van der Waals surface area contributed by atoms with Crippen LogP contribution in [0.2, 0.25) is 0 Å². The van der Waals surface area contributed by atoms with Crippen molar-refractivity contribution in [3.63, 3.8) is 0 Å². The van der Waals surface area contributed by atoms with Gasteiger partial charge in [-0.2, -0.15) is 0 Å². The number of rotatable bonds is 0. The Morgan fingerprint density at radius 1 is 1.33 bits per heavy atom. The van der Waals surface area contributed by atoms with Gasteiger partial charge in [-0.3, -0.25) is 4.68 Å². The summed E-state index contributed by atoms with van der Waals surface area (Å²) in [7, 11) is 0. The molecule has 0 aliphatic rings. The molecule has 1 aromatic rings. The van der Waals surface area contributed by atoms with Gasteiger partial charge in [0.25, 0.3) is 0 Å². The molecule has 2 N–H and O–H groups in total. The van der Waals surface area contributed by atoms with E-state index in [1.807, 2.05) is 13.1 Å². The number of hydrogen-bond donors (Lipinski definition) is 1. The molecule has 0 saturated carbocycles. The molecule has 1 aromatic heterocycles. The van der Waals surface area contributed by atoms with Crippen LogP contribution in [-0.2, 0) is 0 Å². The van der Waals surface area contributed by atoms with Gasteiger partial charge in [0.1, 0.15) is 0 Å². The predicted octanol–water partition coefficient (Wildman–Crippen LogP) is 1.13. The van der Waals surface area contributed by atoms with Crippen LogP contribution in [0, 0.1) is 20.8 Å². The summed E-state index contributed by atoms with van der Waals surface area (Å²) in [5, 5.41) is 0. The smallest absolute Gasteiger partial charge is 0.0392 e. The average Bonchev–Trinajstić information content (AvgIpc) is 1.98. The highest BCUT2D eigenvalue weighted by molar-refractivity contribution is 5.28. The molecule has 50 valence electrons. The number of nitrogens with two attached hydrogens (primary N) is 1. The lowest BCUT2D eigenvalue weighted by molar-refractivity contribution is 0.953. The molecule has 0 radical (unpaired) electrons. The van der Waals surface area contributed by atoms with E-state index in [9.17, 15) is 0 Å². The molecule has 0 spiro atoms. The highest BCUT2D eigenvalue weighted by Gasteiger charge is 2.00. The maximum atomic E-state index is 5.56. The van der Waals surface area contributed by atoms with E-state index in [-0.39, 0.29) is 0 Å². The standard InChI is InChI=1S/C7H12N2/c1-5-4-9(8)7(3)6(5)2/h4H,8H2,1-3H3. The molecule has 1 heterocycles. The minimum Gasteiger partial charge on any atom is -0.339 e. The maximum Gasteiger partial charge on any atom is 0.0392 e. The fraction of sp³-hybridized carbons (Fsp3) is 0.429. The maximum absolute atomic E-state index is 5.56. The summed E-state index contributed by atoms with van der Waals surface area (Å²) in [5.41, 5.74) is 3.69. The van der Waals surface area contributed by atoms with Gasteiger partial charge < -0.3 is 5.84 Å². The summed E-state index contributed by atoms with van der Waals surface area (Å²) in [6.07, 6.45) is 1.94. The third kappa shape index (κ3) is 0.803. The molecule has 2 nitrogen and oxygen atoms in total. The Morgan fingerprint density at radius 3 is 2.00 bits per heavy atom. The van der Waals surface area contributed by atoms with E-state index in [1.54, 1.807) is 4.68 Å². The molecular weight excluding hydrogens is 112 g/mol. The Bertz CT molecular complexity index is 201. The quantitative estimate of drug-likeness (QED) is 0.516. The first-order chi connectivity index (χ1) is 4.13. The van der Waals surface area contributed by atoms with Crippen molar-refractivity contribution in [1.82, 2.24) is 4.68 Å². The fourth-order valence-corrected chi connectivity index (χ4v) is 0.881. The third-order valence-electron chi connectivity index (χ3n) is 1.85. The molecule has 0 unspecified atom stereocenters. The lowest BCUT2D eigenvalue weighted by atomic mass is 10.2. The number of aryl methyl sites for hydroxylation is 1. The van der Waals surface area contributed by atoms with Crippen molar-refractivity contribution in [1.29, 1.82) is 0 Å². The Labute approximate surface area is 55.3 Å². The lowest BCUT2D eigenvalue weighted by Crippen LogP contribution is -2.07. The van der Waals surface area contributed by atoms with Crippen molar-refractivity contribution in [2.24, 2.45) is 0 Å². The van der Waals surface area contributed by atoms with E-state index in [0.29, 0.717) is 0 Å². The average molecular weight is 124 g/mol. The molecule has 0 atom stereocenters. The van der Waals surface area contributed by atoms with Crippen LogP contribution in [0.15, 0.2) is 6.20 Å². The van der Waals surface area contributed by atoms with Gasteiger partial charge in [-0.1, -0.05) is 0 Å². The molecule has 9 heavy (non-hydrogen) atoms. The first-order valence-electron chi connectivity index (χ1n) is 3.03. The number of hydrogen-bond acceptors (Lipinski definition) is 1. The van der Waals surface area contributed by atoms with Gasteiger partial charge in [0, 0.05) is 11.9 Å². The molecule has 0 bridgehead atoms. The normalized spacial score (nSPS) is 10.1. The van der Waals surface area contributed by atoms with Gasteiger partial charge in [-0.15, -0.1) is 0 Å². The lowest BCUT2D eigenvalue weighted by Gasteiger charge is -1.94. The molecule has 0 aromatic carbocycles. The highest BCUT2D eigenvalue weighted by Crippen LogP contribution is 2.10. The van der Waals surface area contributed by atoms with Gasteiger partial charge in [-0.25, -0.2) is 0 Å². The first kappa shape index (κ1) is 6.20. The zero-order valence-corrected chi connectivity index (χ0v) is 6.10. The van der Waals surface area contributed by atoms with E-state index in [0.717, 1.165) is 5.69 Å². The summed E-state index contributed by atoms with van der Waals surface area (Å²) in [4.78, 5) is 0. The Morgan fingerprint density at radius 2 is 1.89 bits per heavy atom. The highest BCUT2D eigenvalue weighted by atomic mass is 15.3. The van der Waals surface area contributed by atoms with Gasteiger partial charge in [-0.05, 0) is 31.9 Å². The van der Waals surface area contributed by atoms with Crippen LogP contribution in [0.25, 0.3) is 0 Å². The van der Waals surface area contributed by atoms with Gasteiger partial charge in [0.05, 0.1) is 0 Å². The van der Waals surface area contributed by atoms with Gasteiger partial charge in [0.15, 0.2) is 0 Å². The minimum atomic E-state index is 1.15. The van der Waals surface area contributed by atoms with Crippen molar-refractivity contribution in [3.8, 4) is 0 Å². The van der Waals surface area contributed by atoms with Crippen molar-refractivity contribution >= 4 is 0 Å².